The van der Waals surface area contributed by atoms with Gasteiger partial charge in [0.2, 0.25) is 0 Å². The van der Waals surface area contributed by atoms with Crippen LogP contribution < -0.4 is 0 Å². The normalized spacial score (nSPS) is 58.6. The van der Waals surface area contributed by atoms with Crippen LogP contribution in [0.3, 0.4) is 0 Å². The highest BCUT2D eigenvalue weighted by Gasteiger charge is 2.72. The Hall–Kier alpha value is -0.950. The highest BCUT2D eigenvalue weighted by atomic mass is 16.4. The largest absolute Gasteiger partial charge is 0.481 e. The van der Waals surface area contributed by atoms with E-state index in [1.165, 1.54) is 5.57 Å². The molecule has 4 saturated carbocycles. The predicted octanol–water partition coefficient (Wildman–Crippen LogP) is 4.00. The Morgan fingerprint density at radius 3 is 2.28 bits per heavy atom. The van der Waals surface area contributed by atoms with Crippen molar-refractivity contribution < 1.29 is 30.3 Å². The van der Waals surface area contributed by atoms with Gasteiger partial charge >= 0.3 is 5.97 Å². The minimum Gasteiger partial charge on any atom is -0.481 e. The molecule has 36 heavy (non-hydrogen) atoms. The van der Waals surface area contributed by atoms with Crippen molar-refractivity contribution >= 4 is 5.97 Å². The molecule has 5 aliphatic carbocycles. The third-order valence-electron chi connectivity index (χ3n) is 13.4. The van der Waals surface area contributed by atoms with E-state index in [2.05, 4.69) is 40.7 Å². The van der Waals surface area contributed by atoms with Gasteiger partial charge in [0.15, 0.2) is 0 Å². The van der Waals surface area contributed by atoms with Crippen molar-refractivity contribution in [2.45, 2.75) is 105 Å². The first-order valence-corrected chi connectivity index (χ1v) is 14.2. The zero-order chi connectivity index (χ0) is 26.6. The Bertz CT molecular complexity index is 963. The standard InChI is InChI=1S/C30H48O6/c1-16-9-10-30(25(35)36)12-11-28(5)18(22(30)17(16)2)7-8-21-26(3)13-20(33)24(34)27(4,15-31)23(26)19(32)14-29(21,28)6/h7,16-17,19-24,31-34H,8-15H2,1-6H3,(H,35,36)/t16-,17+,19-,20-,21-,22-,23+,24-,26+,27-,28+,29-,30+/m0/s1. The summed E-state index contributed by atoms with van der Waals surface area (Å²) in [4.78, 5) is 12.8. The second-order valence-electron chi connectivity index (χ2n) is 14.6. The van der Waals surface area contributed by atoms with E-state index in [4.69, 9.17) is 0 Å². The third-order valence-corrected chi connectivity index (χ3v) is 13.4. The molecule has 13 atom stereocenters. The Morgan fingerprint density at radius 1 is 1.00 bits per heavy atom. The summed E-state index contributed by atoms with van der Waals surface area (Å²) < 4.78 is 0. The van der Waals surface area contributed by atoms with Crippen molar-refractivity contribution in [3.05, 3.63) is 11.6 Å². The van der Waals surface area contributed by atoms with Gasteiger partial charge < -0.3 is 25.5 Å². The zero-order valence-corrected chi connectivity index (χ0v) is 23.0. The predicted molar refractivity (Wildman–Crippen MR) is 137 cm³/mol. The summed E-state index contributed by atoms with van der Waals surface area (Å²) in [5.41, 5.74) is -1.41. The summed E-state index contributed by atoms with van der Waals surface area (Å²) in [5.74, 6) is -0.0914. The molecule has 5 rings (SSSR count). The molecule has 0 aromatic carbocycles. The SMILES string of the molecule is C[C@H]1[C@H]2C3=CC[C@H]4[C@@]5(C)C[C@H](O)[C@H](O)[C@@](C)(CO)[C@@H]5[C@@H](O)C[C@]4(C)[C@]3(C)CC[C@]2(C(=O)O)CC[C@@H]1C. The molecule has 4 fully saturated rings. The molecule has 0 aromatic heterocycles. The van der Waals surface area contributed by atoms with E-state index >= 15 is 0 Å². The fourth-order valence-corrected chi connectivity index (χ4v) is 11.2. The van der Waals surface area contributed by atoms with Crippen LogP contribution in [0.25, 0.3) is 0 Å². The first kappa shape index (κ1) is 26.6. The summed E-state index contributed by atoms with van der Waals surface area (Å²) in [6, 6.07) is 0. The number of carboxylic acid groups (broad SMARTS) is 1. The number of fused-ring (bicyclic) bond motifs is 7. The van der Waals surface area contributed by atoms with Gasteiger partial charge in [0.1, 0.15) is 0 Å². The number of carboxylic acids is 1. The third kappa shape index (κ3) is 2.96. The van der Waals surface area contributed by atoms with Gasteiger partial charge in [-0.1, -0.05) is 53.2 Å². The van der Waals surface area contributed by atoms with Crippen LogP contribution in [0.1, 0.15) is 86.5 Å². The smallest absolute Gasteiger partial charge is 0.310 e. The second-order valence-corrected chi connectivity index (χ2v) is 14.6. The van der Waals surface area contributed by atoms with Crippen LogP contribution in [0.4, 0.5) is 0 Å². The molecule has 0 heterocycles. The van der Waals surface area contributed by atoms with Crippen LogP contribution in [-0.4, -0.2) is 56.4 Å². The van der Waals surface area contributed by atoms with Gasteiger partial charge in [-0.3, -0.25) is 4.79 Å². The highest BCUT2D eigenvalue weighted by molar-refractivity contribution is 5.76. The number of hydrogen-bond acceptors (Lipinski definition) is 5. The summed E-state index contributed by atoms with van der Waals surface area (Å²) in [5, 5.41) is 54.7. The van der Waals surface area contributed by atoms with Gasteiger partial charge in [-0.25, -0.2) is 0 Å². The minimum atomic E-state index is -1.08. The maximum absolute atomic E-state index is 12.8. The summed E-state index contributed by atoms with van der Waals surface area (Å²) in [7, 11) is 0. The fraction of sp³-hybridized carbons (Fsp3) is 0.900. The molecule has 0 aliphatic heterocycles. The molecule has 5 aliphatic rings. The van der Waals surface area contributed by atoms with E-state index in [1.807, 2.05) is 6.92 Å². The quantitative estimate of drug-likeness (QED) is 0.363. The molecule has 0 unspecified atom stereocenters. The van der Waals surface area contributed by atoms with Crippen LogP contribution in [0.2, 0.25) is 0 Å². The van der Waals surface area contributed by atoms with E-state index in [9.17, 15) is 30.3 Å². The van der Waals surface area contributed by atoms with Crippen LogP contribution in [0.15, 0.2) is 11.6 Å². The molecular weight excluding hydrogens is 456 g/mol. The second kappa shape index (κ2) is 8.03. The number of allylic oxidation sites excluding steroid dienone is 2. The first-order valence-electron chi connectivity index (χ1n) is 14.2. The average Bonchev–Trinajstić information content (AvgIpc) is 2.80. The van der Waals surface area contributed by atoms with Crippen LogP contribution in [0.5, 0.6) is 0 Å². The van der Waals surface area contributed by atoms with Gasteiger partial charge in [0.05, 0.1) is 30.3 Å². The van der Waals surface area contributed by atoms with Crippen LogP contribution >= 0.6 is 0 Å². The Labute approximate surface area is 216 Å². The van der Waals surface area contributed by atoms with Crippen molar-refractivity contribution in [2.24, 2.45) is 56.7 Å². The number of hydrogen-bond donors (Lipinski definition) is 5. The number of aliphatic carboxylic acids is 1. The Balaban J connectivity index is 1.65. The van der Waals surface area contributed by atoms with Gasteiger partial charge in [0, 0.05) is 11.3 Å². The van der Waals surface area contributed by atoms with Crippen LogP contribution in [-0.2, 0) is 4.79 Å². The Kier molecular flexibility index (Phi) is 5.95. The molecule has 0 aromatic rings. The summed E-state index contributed by atoms with van der Waals surface area (Å²) in [6.07, 6.45) is 4.44. The molecule has 0 saturated heterocycles. The average molecular weight is 505 g/mol. The van der Waals surface area contributed by atoms with Crippen molar-refractivity contribution in [3.8, 4) is 0 Å². The maximum Gasteiger partial charge on any atom is 0.310 e. The monoisotopic (exact) mass is 504 g/mol. The van der Waals surface area contributed by atoms with E-state index in [1.54, 1.807) is 0 Å². The molecule has 6 nitrogen and oxygen atoms in total. The lowest BCUT2D eigenvalue weighted by Crippen LogP contribution is -2.71. The Morgan fingerprint density at radius 2 is 1.67 bits per heavy atom. The molecule has 0 amide bonds. The van der Waals surface area contributed by atoms with Gasteiger partial charge in [-0.2, -0.15) is 0 Å². The molecule has 204 valence electrons. The fourth-order valence-electron chi connectivity index (χ4n) is 11.2. The van der Waals surface area contributed by atoms with E-state index in [-0.39, 0.29) is 41.1 Å². The topological polar surface area (TPSA) is 118 Å². The van der Waals surface area contributed by atoms with Crippen molar-refractivity contribution in [1.82, 2.24) is 0 Å². The highest BCUT2D eigenvalue weighted by Crippen LogP contribution is 2.75. The number of aliphatic hydroxyl groups is 4. The first-order chi connectivity index (χ1) is 16.6. The van der Waals surface area contributed by atoms with Gasteiger partial charge in [-0.05, 0) is 84.9 Å². The molecule has 6 heteroatoms. The number of carbonyl (C=O) groups is 1. The molecule has 0 bridgehead atoms. The lowest BCUT2D eigenvalue weighted by Gasteiger charge is -2.72. The maximum atomic E-state index is 12.8. The summed E-state index contributed by atoms with van der Waals surface area (Å²) >= 11 is 0. The summed E-state index contributed by atoms with van der Waals surface area (Å²) in [6.45, 7) is 12.8. The van der Waals surface area contributed by atoms with Crippen LogP contribution in [0, 0.1) is 56.7 Å². The molecule has 5 N–H and O–H groups in total. The lowest BCUT2D eigenvalue weighted by atomic mass is 9.32. The van der Waals surface area contributed by atoms with Crippen molar-refractivity contribution in [3.63, 3.8) is 0 Å². The molecule has 0 spiro atoms. The van der Waals surface area contributed by atoms with Crippen molar-refractivity contribution in [2.75, 3.05) is 6.61 Å². The lowest BCUT2D eigenvalue weighted by molar-refractivity contribution is -0.273. The minimum absolute atomic E-state index is 0.000534. The number of aliphatic hydroxyl groups excluding tert-OH is 4. The van der Waals surface area contributed by atoms with E-state index < -0.39 is 40.5 Å². The molecular formula is C30H48O6. The zero-order valence-electron chi connectivity index (χ0n) is 23.0. The van der Waals surface area contributed by atoms with Crippen molar-refractivity contribution in [1.29, 1.82) is 0 Å². The van der Waals surface area contributed by atoms with E-state index in [0.29, 0.717) is 25.2 Å². The molecule has 0 radical (unpaired) electrons. The number of rotatable bonds is 2. The van der Waals surface area contributed by atoms with Gasteiger partial charge in [0.25, 0.3) is 0 Å². The van der Waals surface area contributed by atoms with E-state index in [0.717, 1.165) is 25.7 Å². The van der Waals surface area contributed by atoms with Gasteiger partial charge in [-0.15, -0.1) is 0 Å².